The van der Waals surface area contributed by atoms with Crippen LogP contribution in [0.1, 0.15) is 22.7 Å². The first-order valence-corrected chi connectivity index (χ1v) is 13.9. The van der Waals surface area contributed by atoms with Gasteiger partial charge >= 0.3 is 5.91 Å². The topological polar surface area (TPSA) is 89.0 Å². The Balaban J connectivity index is 1.42. The molecule has 4 aromatic carbocycles. The molecule has 5 aromatic rings. The molecule has 1 amide bonds. The number of benzene rings is 4. The number of carbonyl (C=O) groups is 2. The number of aliphatic hydroxyl groups excluding tert-OH is 1. The number of ketones is 1. The maximum atomic E-state index is 13.5. The number of nitrogens with zero attached hydrogens (tertiary/aromatic N) is 2. The Morgan fingerprint density at radius 2 is 1.66 bits per heavy atom. The number of ether oxygens (including phenoxy) is 2. The van der Waals surface area contributed by atoms with E-state index in [-0.39, 0.29) is 11.3 Å². The van der Waals surface area contributed by atoms with Gasteiger partial charge in [0.2, 0.25) is 0 Å². The fourth-order valence-electron chi connectivity index (χ4n) is 4.73. The highest BCUT2D eigenvalue weighted by atomic mass is 35.5. The summed E-state index contributed by atoms with van der Waals surface area (Å²) in [6.07, 6.45) is 0. The smallest absolute Gasteiger partial charge is 0.301 e. The van der Waals surface area contributed by atoms with Crippen LogP contribution in [-0.2, 0) is 16.2 Å². The van der Waals surface area contributed by atoms with Gasteiger partial charge in [0.25, 0.3) is 5.78 Å². The number of amides is 1. The lowest BCUT2D eigenvalue weighted by molar-refractivity contribution is -0.132. The number of hydrogen-bond donors (Lipinski definition) is 1. The zero-order valence-electron chi connectivity index (χ0n) is 21.8. The minimum absolute atomic E-state index is 0.0320. The van der Waals surface area contributed by atoms with Crippen LogP contribution in [-0.4, -0.2) is 28.9 Å². The Bertz CT molecular complexity index is 1780. The minimum atomic E-state index is -0.920. The van der Waals surface area contributed by atoms with Crippen LogP contribution in [0.15, 0.2) is 103 Å². The largest absolute Gasteiger partial charge is 0.507 e. The molecule has 0 radical (unpaired) electrons. The van der Waals surface area contributed by atoms with Crippen molar-refractivity contribution < 1.29 is 24.2 Å². The summed E-state index contributed by atoms with van der Waals surface area (Å²) in [5.74, 6) is -0.645. The second-order valence-electron chi connectivity index (χ2n) is 9.35. The van der Waals surface area contributed by atoms with E-state index in [1.807, 2.05) is 30.3 Å². The van der Waals surface area contributed by atoms with Gasteiger partial charge in [-0.05, 0) is 65.7 Å². The van der Waals surface area contributed by atoms with Crippen LogP contribution in [0.25, 0.3) is 16.0 Å². The number of thiazole rings is 1. The average Bonchev–Trinajstić information content (AvgIpc) is 3.53. The Morgan fingerprint density at radius 3 is 2.37 bits per heavy atom. The fraction of sp³-hybridized carbons (Fsp3) is 0.0938. The highest BCUT2D eigenvalue weighted by Crippen LogP contribution is 2.45. The number of methoxy groups -OCH3 is 1. The number of anilines is 1. The van der Waals surface area contributed by atoms with Crippen molar-refractivity contribution in [3.05, 3.63) is 124 Å². The Morgan fingerprint density at radius 1 is 0.951 bits per heavy atom. The predicted molar refractivity (Wildman–Crippen MR) is 160 cm³/mol. The van der Waals surface area contributed by atoms with E-state index in [4.69, 9.17) is 21.1 Å². The number of halogens is 1. The van der Waals surface area contributed by atoms with Gasteiger partial charge in [-0.25, -0.2) is 4.98 Å². The van der Waals surface area contributed by atoms with E-state index < -0.39 is 17.7 Å². The summed E-state index contributed by atoms with van der Waals surface area (Å²) in [4.78, 5) is 33.0. The highest BCUT2D eigenvalue weighted by Gasteiger charge is 2.48. The van der Waals surface area contributed by atoms with E-state index >= 15 is 0 Å². The molecule has 7 nitrogen and oxygen atoms in total. The third-order valence-corrected chi connectivity index (χ3v) is 8.05. The molecule has 1 unspecified atom stereocenters. The molecule has 1 saturated heterocycles. The molecular weight excluding hydrogens is 560 g/mol. The molecule has 1 fully saturated rings. The summed E-state index contributed by atoms with van der Waals surface area (Å²) >= 11 is 7.43. The van der Waals surface area contributed by atoms with Crippen LogP contribution in [0, 0.1) is 0 Å². The average molecular weight is 583 g/mol. The fourth-order valence-corrected chi connectivity index (χ4v) is 5.99. The van der Waals surface area contributed by atoms with Crippen molar-refractivity contribution in [1.82, 2.24) is 4.98 Å². The predicted octanol–water partition coefficient (Wildman–Crippen LogP) is 7.16. The molecule has 1 aromatic heterocycles. The summed E-state index contributed by atoms with van der Waals surface area (Å²) in [6.45, 7) is 0.393. The minimum Gasteiger partial charge on any atom is -0.507 e. The van der Waals surface area contributed by atoms with Crippen LogP contribution in [0.4, 0.5) is 5.13 Å². The molecule has 1 aliphatic rings. The molecule has 9 heteroatoms. The SMILES string of the molecule is COc1ccc(/C(O)=C2\C(=O)C(=O)N(c3nc4ccc(Cl)cc4s3)C2c2ccc(OCc3ccccc3)cc2)cc1. The molecule has 0 aliphatic carbocycles. The van der Waals surface area contributed by atoms with Gasteiger partial charge in [0, 0.05) is 10.6 Å². The Hall–Kier alpha value is -4.66. The molecule has 0 bridgehead atoms. The number of carbonyl (C=O) groups excluding carboxylic acids is 2. The van der Waals surface area contributed by atoms with Gasteiger partial charge in [0.15, 0.2) is 5.13 Å². The first kappa shape index (κ1) is 26.6. The molecule has 204 valence electrons. The van der Waals surface area contributed by atoms with Crippen molar-refractivity contribution in [1.29, 1.82) is 0 Å². The van der Waals surface area contributed by atoms with Crippen molar-refractivity contribution in [3.63, 3.8) is 0 Å². The van der Waals surface area contributed by atoms with E-state index in [0.717, 1.165) is 10.3 Å². The summed E-state index contributed by atoms with van der Waals surface area (Å²) in [7, 11) is 1.54. The molecule has 1 aliphatic heterocycles. The second kappa shape index (κ2) is 11.1. The molecule has 41 heavy (non-hydrogen) atoms. The van der Waals surface area contributed by atoms with Crippen molar-refractivity contribution in [2.24, 2.45) is 0 Å². The van der Waals surface area contributed by atoms with Crippen molar-refractivity contribution in [2.75, 3.05) is 12.0 Å². The number of hydrogen-bond acceptors (Lipinski definition) is 7. The molecule has 1 N–H and O–H groups in total. The van der Waals surface area contributed by atoms with E-state index in [9.17, 15) is 14.7 Å². The Kier molecular flexibility index (Phi) is 7.17. The van der Waals surface area contributed by atoms with E-state index in [1.165, 1.54) is 16.2 Å². The van der Waals surface area contributed by atoms with Crippen molar-refractivity contribution >= 4 is 55.7 Å². The van der Waals surface area contributed by atoms with Crippen LogP contribution in [0.3, 0.4) is 0 Å². The van der Waals surface area contributed by atoms with Crippen LogP contribution < -0.4 is 14.4 Å². The number of aromatic nitrogens is 1. The first-order chi connectivity index (χ1) is 19.9. The monoisotopic (exact) mass is 582 g/mol. The lowest BCUT2D eigenvalue weighted by atomic mass is 9.95. The molecular formula is C32H23ClN2O5S. The second-order valence-corrected chi connectivity index (χ2v) is 10.8. The van der Waals surface area contributed by atoms with E-state index in [0.29, 0.717) is 44.9 Å². The molecule has 0 spiro atoms. The van der Waals surface area contributed by atoms with Gasteiger partial charge in [-0.1, -0.05) is 65.4 Å². The Labute approximate surface area is 244 Å². The molecule has 6 rings (SSSR count). The maximum Gasteiger partial charge on any atom is 0.301 e. The van der Waals surface area contributed by atoms with Gasteiger partial charge < -0.3 is 14.6 Å². The van der Waals surface area contributed by atoms with Crippen molar-refractivity contribution in [2.45, 2.75) is 12.6 Å². The summed E-state index contributed by atoms with van der Waals surface area (Å²) in [5.41, 5.74) is 2.64. The zero-order valence-corrected chi connectivity index (χ0v) is 23.4. The molecule has 1 atom stereocenters. The van der Waals surface area contributed by atoms with Gasteiger partial charge in [-0.15, -0.1) is 0 Å². The van der Waals surface area contributed by atoms with E-state index in [1.54, 1.807) is 73.8 Å². The number of fused-ring (bicyclic) bond motifs is 1. The normalized spacial score (nSPS) is 16.3. The maximum absolute atomic E-state index is 13.5. The molecule has 0 saturated carbocycles. The van der Waals surface area contributed by atoms with Crippen LogP contribution in [0.5, 0.6) is 11.5 Å². The zero-order chi connectivity index (χ0) is 28.5. The molecule has 2 heterocycles. The lowest BCUT2D eigenvalue weighted by Gasteiger charge is -2.23. The van der Waals surface area contributed by atoms with Crippen LogP contribution >= 0.6 is 22.9 Å². The van der Waals surface area contributed by atoms with Gasteiger partial charge in [-0.3, -0.25) is 14.5 Å². The quantitative estimate of drug-likeness (QED) is 0.124. The first-order valence-electron chi connectivity index (χ1n) is 12.7. The number of rotatable bonds is 7. The third kappa shape index (κ3) is 5.15. The van der Waals surface area contributed by atoms with Crippen LogP contribution in [0.2, 0.25) is 5.02 Å². The standard InChI is InChI=1S/C32H23ClN2O5S/c1-39-23-12-9-21(10-13-23)29(36)27-28(20-7-14-24(15-8-20)40-18-19-5-3-2-4-6-19)35(31(38)30(27)37)32-34-25-16-11-22(33)17-26(25)41-32/h2-17,28,36H,18H2,1H3/b29-27+. The van der Waals surface area contributed by atoms with E-state index in [2.05, 4.69) is 4.98 Å². The number of aliphatic hydroxyl groups is 1. The van der Waals surface area contributed by atoms with Crippen molar-refractivity contribution in [3.8, 4) is 11.5 Å². The highest BCUT2D eigenvalue weighted by molar-refractivity contribution is 7.22. The third-order valence-electron chi connectivity index (χ3n) is 6.80. The summed E-state index contributed by atoms with van der Waals surface area (Å²) in [5, 5.41) is 12.3. The summed E-state index contributed by atoms with van der Waals surface area (Å²) in [6, 6.07) is 27.9. The van der Waals surface area contributed by atoms with Gasteiger partial charge in [-0.2, -0.15) is 0 Å². The number of Topliss-reactive ketones (excluding diaryl/α,β-unsaturated/α-hetero) is 1. The van der Waals surface area contributed by atoms with Gasteiger partial charge in [0.05, 0.1) is 28.9 Å². The van der Waals surface area contributed by atoms with Gasteiger partial charge in [0.1, 0.15) is 23.9 Å². The summed E-state index contributed by atoms with van der Waals surface area (Å²) < 4.78 is 11.9. The lowest BCUT2D eigenvalue weighted by Crippen LogP contribution is -2.29.